The molecule has 0 bridgehead atoms. The monoisotopic (exact) mass is 278 g/mol. The largest absolute Gasteiger partial charge is 0.468 e. The minimum absolute atomic E-state index is 0.183. The third-order valence-corrected chi connectivity index (χ3v) is 4.10. The molecule has 0 aliphatic carbocycles. The smallest absolute Gasteiger partial charge is 0.251 e. The van der Waals surface area contributed by atoms with Crippen LogP contribution in [-0.2, 0) is 16.1 Å². The molecular weight excluding hydrogens is 256 g/mol. The molecule has 20 heavy (non-hydrogen) atoms. The summed E-state index contributed by atoms with van der Waals surface area (Å²) < 4.78 is 10.9. The highest BCUT2D eigenvalue weighted by atomic mass is 16.5. The number of ether oxygens (including phenoxy) is 1. The first kappa shape index (κ1) is 13.6. The lowest BCUT2D eigenvalue weighted by atomic mass is 10.1. The van der Waals surface area contributed by atoms with Gasteiger partial charge in [0.05, 0.1) is 12.8 Å². The Bertz CT molecular complexity index is 418. The molecule has 0 spiro atoms. The second kappa shape index (κ2) is 6.41. The van der Waals surface area contributed by atoms with E-state index in [2.05, 4.69) is 4.90 Å². The van der Waals surface area contributed by atoms with Gasteiger partial charge in [0.2, 0.25) is 0 Å². The molecule has 0 unspecified atom stereocenters. The van der Waals surface area contributed by atoms with Crippen molar-refractivity contribution in [1.82, 2.24) is 9.80 Å². The van der Waals surface area contributed by atoms with Gasteiger partial charge < -0.3 is 14.1 Å². The number of rotatable bonds is 3. The Hall–Kier alpha value is -1.33. The van der Waals surface area contributed by atoms with Crippen LogP contribution in [0.4, 0.5) is 0 Å². The van der Waals surface area contributed by atoms with Gasteiger partial charge in [-0.2, -0.15) is 0 Å². The predicted octanol–water partition coefficient (Wildman–Crippen LogP) is 1.49. The van der Waals surface area contributed by atoms with E-state index in [4.69, 9.17) is 9.15 Å². The molecule has 3 heterocycles. The maximum atomic E-state index is 12.3. The van der Waals surface area contributed by atoms with Gasteiger partial charge in [-0.1, -0.05) is 0 Å². The van der Waals surface area contributed by atoms with Gasteiger partial charge in [-0.15, -0.1) is 0 Å². The van der Waals surface area contributed by atoms with Gasteiger partial charge in [0, 0.05) is 32.8 Å². The molecule has 5 nitrogen and oxygen atoms in total. The zero-order valence-electron chi connectivity index (χ0n) is 11.8. The summed E-state index contributed by atoms with van der Waals surface area (Å²) >= 11 is 0. The van der Waals surface area contributed by atoms with Crippen molar-refractivity contribution in [2.75, 3.05) is 32.8 Å². The van der Waals surface area contributed by atoms with E-state index in [1.165, 1.54) is 0 Å². The van der Waals surface area contributed by atoms with Crippen LogP contribution < -0.4 is 0 Å². The van der Waals surface area contributed by atoms with E-state index < -0.39 is 0 Å². The summed E-state index contributed by atoms with van der Waals surface area (Å²) in [7, 11) is 0. The molecule has 0 N–H and O–H groups in total. The lowest BCUT2D eigenvalue weighted by molar-refractivity contribution is -0.148. The van der Waals surface area contributed by atoms with Crippen LogP contribution in [0.2, 0.25) is 0 Å². The van der Waals surface area contributed by atoms with Crippen molar-refractivity contribution >= 4 is 5.91 Å². The number of carbonyl (C=O) groups is 1. The molecule has 5 heteroatoms. The van der Waals surface area contributed by atoms with Crippen LogP contribution in [0.3, 0.4) is 0 Å². The minimum atomic E-state index is -0.194. The SMILES string of the molecule is O=C([C@@H]1CCCCO1)N1CCN(Cc2ccco2)CC1. The molecule has 0 radical (unpaired) electrons. The molecule has 2 aliphatic rings. The summed E-state index contributed by atoms with van der Waals surface area (Å²) in [5.41, 5.74) is 0. The van der Waals surface area contributed by atoms with Crippen LogP contribution in [0.1, 0.15) is 25.0 Å². The second-order valence-corrected chi connectivity index (χ2v) is 5.54. The maximum Gasteiger partial charge on any atom is 0.251 e. The molecule has 2 aliphatic heterocycles. The maximum absolute atomic E-state index is 12.3. The number of amides is 1. The highest BCUT2D eigenvalue weighted by Crippen LogP contribution is 2.16. The van der Waals surface area contributed by atoms with E-state index in [1.807, 2.05) is 17.0 Å². The molecule has 1 aromatic heterocycles. The predicted molar refractivity (Wildman–Crippen MR) is 74.2 cm³/mol. The summed E-state index contributed by atoms with van der Waals surface area (Å²) in [6.07, 6.45) is 4.58. The van der Waals surface area contributed by atoms with Crippen LogP contribution in [0, 0.1) is 0 Å². The fourth-order valence-corrected chi connectivity index (χ4v) is 2.89. The van der Waals surface area contributed by atoms with Gasteiger partial charge >= 0.3 is 0 Å². The van der Waals surface area contributed by atoms with Gasteiger partial charge in [-0.25, -0.2) is 0 Å². The molecule has 110 valence electrons. The van der Waals surface area contributed by atoms with Gasteiger partial charge in [0.1, 0.15) is 11.9 Å². The molecule has 1 atom stereocenters. The van der Waals surface area contributed by atoms with E-state index >= 15 is 0 Å². The fraction of sp³-hybridized carbons (Fsp3) is 0.667. The Morgan fingerprint density at radius 3 is 2.75 bits per heavy atom. The van der Waals surface area contributed by atoms with E-state index in [1.54, 1.807) is 6.26 Å². The first-order valence-corrected chi connectivity index (χ1v) is 7.48. The Morgan fingerprint density at radius 1 is 1.25 bits per heavy atom. The first-order chi connectivity index (χ1) is 9.83. The van der Waals surface area contributed by atoms with Crippen molar-refractivity contribution in [1.29, 1.82) is 0 Å². The average molecular weight is 278 g/mol. The fourth-order valence-electron chi connectivity index (χ4n) is 2.89. The van der Waals surface area contributed by atoms with Gasteiger partial charge in [-0.3, -0.25) is 9.69 Å². The number of hydrogen-bond donors (Lipinski definition) is 0. The van der Waals surface area contributed by atoms with Gasteiger partial charge in [0.15, 0.2) is 0 Å². The molecule has 1 amide bonds. The zero-order valence-corrected chi connectivity index (χ0v) is 11.8. The lowest BCUT2D eigenvalue weighted by Gasteiger charge is -2.36. The molecule has 0 saturated carbocycles. The summed E-state index contributed by atoms with van der Waals surface area (Å²) in [5.74, 6) is 1.17. The highest BCUT2D eigenvalue weighted by molar-refractivity contribution is 5.81. The number of hydrogen-bond acceptors (Lipinski definition) is 4. The molecule has 0 aromatic carbocycles. The van der Waals surface area contributed by atoms with Gasteiger partial charge in [0.25, 0.3) is 5.91 Å². The van der Waals surface area contributed by atoms with Crippen LogP contribution in [0.5, 0.6) is 0 Å². The van der Waals surface area contributed by atoms with Crippen LogP contribution in [0.25, 0.3) is 0 Å². The second-order valence-electron chi connectivity index (χ2n) is 5.54. The van der Waals surface area contributed by atoms with Crippen LogP contribution >= 0.6 is 0 Å². The first-order valence-electron chi connectivity index (χ1n) is 7.48. The Kier molecular flexibility index (Phi) is 4.38. The third-order valence-electron chi connectivity index (χ3n) is 4.10. The average Bonchev–Trinajstić information content (AvgIpc) is 3.01. The Labute approximate surface area is 119 Å². The molecule has 2 fully saturated rings. The van der Waals surface area contributed by atoms with E-state index in [0.29, 0.717) is 0 Å². The van der Waals surface area contributed by atoms with Crippen molar-refractivity contribution < 1.29 is 13.9 Å². The summed E-state index contributed by atoms with van der Waals surface area (Å²) in [6.45, 7) is 4.95. The van der Waals surface area contributed by atoms with Crippen molar-refractivity contribution in [3.8, 4) is 0 Å². The summed E-state index contributed by atoms with van der Waals surface area (Å²) in [4.78, 5) is 16.6. The number of nitrogens with zero attached hydrogens (tertiary/aromatic N) is 2. The summed E-state index contributed by atoms with van der Waals surface area (Å²) in [5, 5.41) is 0. The van der Waals surface area contributed by atoms with E-state index in [0.717, 1.165) is 64.4 Å². The normalized spacial score (nSPS) is 24.8. The Morgan fingerprint density at radius 2 is 2.10 bits per heavy atom. The van der Waals surface area contributed by atoms with E-state index in [-0.39, 0.29) is 12.0 Å². The van der Waals surface area contributed by atoms with Crippen molar-refractivity contribution in [2.45, 2.75) is 31.9 Å². The third kappa shape index (κ3) is 3.22. The molecule has 1 aromatic rings. The highest BCUT2D eigenvalue weighted by Gasteiger charge is 2.29. The lowest BCUT2D eigenvalue weighted by Crippen LogP contribution is -2.51. The standard InChI is InChI=1S/C15H22N2O3/c18-15(14-5-1-2-10-20-14)17-8-6-16(7-9-17)12-13-4-3-11-19-13/h3-4,11,14H,1-2,5-10,12H2/t14-/m0/s1. The number of furan rings is 1. The van der Waals surface area contributed by atoms with Crippen molar-refractivity contribution in [3.63, 3.8) is 0 Å². The molecular formula is C15H22N2O3. The number of piperazine rings is 1. The van der Waals surface area contributed by atoms with Crippen LogP contribution in [0.15, 0.2) is 22.8 Å². The van der Waals surface area contributed by atoms with Gasteiger partial charge in [-0.05, 0) is 31.4 Å². The summed E-state index contributed by atoms with van der Waals surface area (Å²) in [6, 6.07) is 3.91. The molecule has 2 saturated heterocycles. The minimum Gasteiger partial charge on any atom is -0.468 e. The zero-order chi connectivity index (χ0) is 13.8. The van der Waals surface area contributed by atoms with E-state index in [9.17, 15) is 4.79 Å². The molecule has 3 rings (SSSR count). The Balaban J connectivity index is 1.46. The number of carbonyl (C=O) groups excluding carboxylic acids is 1. The van der Waals surface area contributed by atoms with Crippen molar-refractivity contribution in [3.05, 3.63) is 24.2 Å². The van der Waals surface area contributed by atoms with Crippen LogP contribution in [-0.4, -0.2) is 54.6 Å². The van der Waals surface area contributed by atoms with Crippen molar-refractivity contribution in [2.24, 2.45) is 0 Å². The quantitative estimate of drug-likeness (QED) is 0.840. The topological polar surface area (TPSA) is 45.9 Å².